The Kier molecular flexibility index (Phi) is 4.69. The highest BCUT2D eigenvalue weighted by atomic mass is 16.7. The third-order valence-electron chi connectivity index (χ3n) is 5.31. The Morgan fingerprint density at radius 3 is 2.52 bits per heavy atom. The summed E-state index contributed by atoms with van der Waals surface area (Å²) >= 11 is 0. The molecule has 1 atom stereocenters. The molecule has 3 rings (SSSR count). The molecular formula is C19H26BNO4. The number of benzene rings is 1. The minimum absolute atomic E-state index is 0.211. The van der Waals surface area contributed by atoms with Gasteiger partial charge in [-0.15, -0.1) is 0 Å². The van der Waals surface area contributed by atoms with Gasteiger partial charge in [0.05, 0.1) is 24.2 Å². The van der Waals surface area contributed by atoms with E-state index in [1.165, 1.54) is 0 Å². The van der Waals surface area contributed by atoms with Gasteiger partial charge in [0.1, 0.15) is 0 Å². The van der Waals surface area contributed by atoms with Gasteiger partial charge in [-0.3, -0.25) is 4.79 Å². The van der Waals surface area contributed by atoms with Crippen LogP contribution in [0.2, 0.25) is 0 Å². The predicted octanol–water partition coefficient (Wildman–Crippen LogP) is 3.84. The summed E-state index contributed by atoms with van der Waals surface area (Å²) in [6.07, 6.45) is 2.11. The zero-order valence-electron chi connectivity index (χ0n) is 15.6. The second-order valence-corrected chi connectivity index (χ2v) is 7.53. The summed E-state index contributed by atoms with van der Waals surface area (Å²) in [4.78, 5) is 15.5. The molecule has 0 bridgehead atoms. The van der Waals surface area contributed by atoms with E-state index in [1.807, 2.05) is 65.1 Å². The van der Waals surface area contributed by atoms with Crippen LogP contribution in [-0.2, 0) is 18.8 Å². The number of aromatic amines is 1. The first-order valence-corrected chi connectivity index (χ1v) is 8.82. The second kappa shape index (κ2) is 6.50. The lowest BCUT2D eigenvalue weighted by Crippen LogP contribution is -2.41. The molecule has 1 aromatic heterocycles. The maximum absolute atomic E-state index is 12.2. The number of rotatable bonds is 5. The topological polar surface area (TPSA) is 60.6 Å². The number of carbonyl (C=O) groups excluding carboxylic acids is 1. The average molecular weight is 343 g/mol. The van der Waals surface area contributed by atoms with Crippen LogP contribution in [-0.4, -0.2) is 35.9 Å². The summed E-state index contributed by atoms with van der Waals surface area (Å²) in [7, 11) is -0.511. The molecule has 1 saturated heterocycles. The molecule has 1 unspecified atom stereocenters. The van der Waals surface area contributed by atoms with Gasteiger partial charge >= 0.3 is 13.1 Å². The molecule has 1 aliphatic heterocycles. The van der Waals surface area contributed by atoms with E-state index >= 15 is 0 Å². The van der Waals surface area contributed by atoms with E-state index < -0.39 is 18.3 Å². The molecule has 0 amide bonds. The van der Waals surface area contributed by atoms with E-state index in [4.69, 9.17) is 14.0 Å². The van der Waals surface area contributed by atoms with Crippen LogP contribution < -0.4 is 0 Å². The van der Waals surface area contributed by atoms with Crippen molar-refractivity contribution in [2.24, 2.45) is 0 Å². The average Bonchev–Trinajstić information content (AvgIpc) is 3.07. The summed E-state index contributed by atoms with van der Waals surface area (Å²) < 4.78 is 17.7. The molecule has 1 aromatic carbocycles. The third kappa shape index (κ3) is 3.33. The van der Waals surface area contributed by atoms with E-state index in [0.717, 1.165) is 16.5 Å². The molecule has 2 aromatic rings. The number of hydrogen-bond acceptors (Lipinski definition) is 4. The number of H-pyrrole nitrogens is 1. The van der Waals surface area contributed by atoms with E-state index in [9.17, 15) is 4.79 Å². The minimum atomic E-state index is -0.511. The maximum atomic E-state index is 12.2. The molecule has 6 heteroatoms. The van der Waals surface area contributed by atoms with Gasteiger partial charge < -0.3 is 19.0 Å². The number of esters is 1. The van der Waals surface area contributed by atoms with Gasteiger partial charge in [-0.25, -0.2) is 0 Å². The van der Waals surface area contributed by atoms with E-state index in [1.54, 1.807) is 0 Å². The highest BCUT2D eigenvalue weighted by molar-refractivity contribution is 6.48. The predicted molar refractivity (Wildman–Crippen MR) is 98.4 cm³/mol. The van der Waals surface area contributed by atoms with Crippen LogP contribution >= 0.6 is 0 Å². The Morgan fingerprint density at radius 2 is 1.88 bits per heavy atom. The Hall–Kier alpha value is -1.79. The first-order chi connectivity index (χ1) is 11.7. The molecule has 0 aliphatic carbocycles. The number of nitrogens with one attached hydrogen (secondary N) is 1. The fraction of sp³-hybridized carbons (Fsp3) is 0.526. The van der Waals surface area contributed by atoms with Crippen molar-refractivity contribution in [3.05, 3.63) is 36.0 Å². The van der Waals surface area contributed by atoms with Gasteiger partial charge in [-0.1, -0.05) is 18.2 Å². The van der Waals surface area contributed by atoms with Gasteiger partial charge in [-0.05, 0) is 51.6 Å². The van der Waals surface area contributed by atoms with Gasteiger partial charge in [0.25, 0.3) is 0 Å². The summed E-state index contributed by atoms with van der Waals surface area (Å²) in [6.45, 7) is 10.2. The molecule has 1 N–H and O–H groups in total. The fourth-order valence-electron chi connectivity index (χ4n) is 3.22. The lowest BCUT2D eigenvalue weighted by molar-refractivity contribution is -0.143. The van der Waals surface area contributed by atoms with Crippen LogP contribution in [0, 0.1) is 0 Å². The van der Waals surface area contributed by atoms with Gasteiger partial charge in [0.15, 0.2) is 0 Å². The van der Waals surface area contributed by atoms with Gasteiger partial charge in [0, 0.05) is 17.5 Å². The van der Waals surface area contributed by atoms with Crippen molar-refractivity contribution in [1.29, 1.82) is 0 Å². The minimum Gasteiger partial charge on any atom is -0.466 e. The van der Waals surface area contributed by atoms with Gasteiger partial charge in [0.2, 0.25) is 0 Å². The van der Waals surface area contributed by atoms with Crippen molar-refractivity contribution in [3.63, 3.8) is 0 Å². The van der Waals surface area contributed by atoms with Crippen LogP contribution in [0.5, 0.6) is 0 Å². The molecule has 5 nitrogen and oxygen atoms in total. The van der Waals surface area contributed by atoms with Gasteiger partial charge in [-0.2, -0.15) is 0 Å². The van der Waals surface area contributed by atoms with Crippen molar-refractivity contribution < 1.29 is 18.8 Å². The second-order valence-electron chi connectivity index (χ2n) is 7.53. The largest absolute Gasteiger partial charge is 0.466 e. The van der Waals surface area contributed by atoms with Crippen molar-refractivity contribution in [2.75, 3.05) is 6.61 Å². The van der Waals surface area contributed by atoms with Crippen LogP contribution in [0.4, 0.5) is 0 Å². The first kappa shape index (κ1) is 18.0. The van der Waals surface area contributed by atoms with Crippen molar-refractivity contribution in [2.45, 2.75) is 58.1 Å². The van der Waals surface area contributed by atoms with E-state index in [0.29, 0.717) is 6.61 Å². The monoisotopic (exact) mass is 343 g/mol. The Labute approximate surface area is 149 Å². The quantitative estimate of drug-likeness (QED) is 0.662. The number of carbonyl (C=O) groups is 1. The zero-order chi connectivity index (χ0) is 18.2. The smallest absolute Gasteiger partial charge is 0.466 e. The summed E-state index contributed by atoms with van der Waals surface area (Å²) in [5.41, 5.74) is 1.11. The number of ether oxygens (including phenoxy) is 1. The Balaban J connectivity index is 1.99. The molecule has 0 radical (unpaired) electrons. The standard InChI is InChI=1S/C19H26BNO4/c1-6-23-16(22)12-15(20-24-18(2,3)19(4,5)25-20)14-9-7-8-13-10-11-21-17(13)14/h7-11,15,21H,6,12H2,1-5H3. The number of aromatic nitrogens is 1. The molecule has 0 saturated carbocycles. The van der Waals surface area contributed by atoms with Crippen molar-refractivity contribution >= 4 is 24.0 Å². The molecule has 25 heavy (non-hydrogen) atoms. The SMILES string of the molecule is CCOC(=O)CC(B1OC(C)(C)C(C)(C)O1)c1cccc2cc[nH]c12. The maximum Gasteiger partial charge on any atom is 0.466 e. The lowest BCUT2D eigenvalue weighted by Gasteiger charge is -2.32. The summed E-state index contributed by atoms with van der Waals surface area (Å²) in [5, 5.41) is 1.10. The highest BCUT2D eigenvalue weighted by Gasteiger charge is 2.54. The van der Waals surface area contributed by atoms with Crippen molar-refractivity contribution in [1.82, 2.24) is 4.98 Å². The molecule has 1 fully saturated rings. The normalized spacial score (nSPS) is 20.0. The zero-order valence-corrected chi connectivity index (χ0v) is 15.6. The van der Waals surface area contributed by atoms with E-state index in [2.05, 4.69) is 4.98 Å². The summed E-state index contributed by atoms with van der Waals surface area (Å²) in [5.74, 6) is -0.492. The lowest BCUT2D eigenvalue weighted by atomic mass is 9.66. The molecule has 2 heterocycles. The van der Waals surface area contributed by atoms with Crippen LogP contribution in [0.1, 0.15) is 52.4 Å². The van der Waals surface area contributed by atoms with Crippen LogP contribution in [0.3, 0.4) is 0 Å². The highest BCUT2D eigenvalue weighted by Crippen LogP contribution is 2.42. The summed E-state index contributed by atoms with van der Waals surface area (Å²) in [6, 6.07) is 8.08. The van der Waals surface area contributed by atoms with Crippen molar-refractivity contribution in [3.8, 4) is 0 Å². The number of hydrogen-bond donors (Lipinski definition) is 1. The Morgan fingerprint density at radius 1 is 1.20 bits per heavy atom. The molecule has 1 aliphatic rings. The molecule has 0 spiro atoms. The number of para-hydroxylation sites is 1. The Bertz CT molecular complexity index is 752. The first-order valence-electron chi connectivity index (χ1n) is 8.82. The third-order valence-corrected chi connectivity index (χ3v) is 5.31. The van der Waals surface area contributed by atoms with Crippen LogP contribution in [0.15, 0.2) is 30.5 Å². The number of fused-ring (bicyclic) bond motifs is 1. The molecule has 134 valence electrons. The van der Waals surface area contributed by atoms with E-state index in [-0.39, 0.29) is 18.2 Å². The van der Waals surface area contributed by atoms with Crippen LogP contribution in [0.25, 0.3) is 10.9 Å². The molecular weight excluding hydrogens is 317 g/mol. The fourth-order valence-corrected chi connectivity index (χ4v) is 3.22.